The number of hydrogen-bond acceptors (Lipinski definition) is 6. The largest absolute Gasteiger partial charge is 0.507 e. The van der Waals surface area contributed by atoms with Crippen LogP contribution >= 0.6 is 0 Å². The predicted octanol–water partition coefficient (Wildman–Crippen LogP) is 2.64. The fourth-order valence-corrected chi connectivity index (χ4v) is 6.24. The van der Waals surface area contributed by atoms with E-state index in [2.05, 4.69) is 0 Å². The summed E-state index contributed by atoms with van der Waals surface area (Å²) >= 11 is 0. The van der Waals surface area contributed by atoms with Crippen LogP contribution in [0.25, 0.3) is 0 Å². The highest BCUT2D eigenvalue weighted by molar-refractivity contribution is 7.89. The number of hydrogen-bond donors (Lipinski definition) is 1. The van der Waals surface area contributed by atoms with Crippen LogP contribution < -0.4 is 4.74 Å². The number of amides is 1. The first-order valence-electron chi connectivity index (χ1n) is 10.2. The summed E-state index contributed by atoms with van der Waals surface area (Å²) in [5.74, 6) is 0.194. The summed E-state index contributed by atoms with van der Waals surface area (Å²) < 4.78 is 38.3. The van der Waals surface area contributed by atoms with Crippen LogP contribution in [0.2, 0.25) is 0 Å². The average Bonchev–Trinajstić information content (AvgIpc) is 3.16. The third kappa shape index (κ3) is 4.15. The summed E-state index contributed by atoms with van der Waals surface area (Å²) in [7, 11) is -2.61. The van der Waals surface area contributed by atoms with Crippen LogP contribution in [0, 0.1) is 5.92 Å². The lowest BCUT2D eigenvalue weighted by Gasteiger charge is -2.38. The highest BCUT2D eigenvalue weighted by atomic mass is 32.2. The van der Waals surface area contributed by atoms with Crippen molar-refractivity contribution in [2.45, 2.75) is 30.0 Å². The van der Waals surface area contributed by atoms with Crippen molar-refractivity contribution in [2.24, 2.45) is 5.92 Å². The molecule has 2 saturated heterocycles. The van der Waals surface area contributed by atoms with E-state index in [4.69, 9.17) is 9.47 Å². The maximum Gasteiger partial charge on any atom is 0.507 e. The first-order valence-corrected chi connectivity index (χ1v) is 11.7. The second-order valence-corrected chi connectivity index (χ2v) is 9.66. The Bertz CT molecular complexity index is 1090. The molecule has 4 rings (SSSR count). The van der Waals surface area contributed by atoms with Crippen LogP contribution in [0.3, 0.4) is 0 Å². The highest BCUT2D eigenvalue weighted by Gasteiger charge is 2.52. The van der Waals surface area contributed by atoms with Gasteiger partial charge < -0.3 is 19.5 Å². The molecule has 0 radical (unpaired) electrons. The Labute approximate surface area is 186 Å². The van der Waals surface area contributed by atoms with Crippen LogP contribution in [0.4, 0.5) is 4.79 Å². The minimum absolute atomic E-state index is 0.00412. The lowest BCUT2D eigenvalue weighted by atomic mass is 9.92. The number of nitrogens with zero attached hydrogens (tertiary/aromatic N) is 2. The number of sulfonamides is 1. The molecule has 2 aromatic rings. The Morgan fingerprint density at radius 2 is 1.75 bits per heavy atom. The van der Waals surface area contributed by atoms with E-state index in [9.17, 15) is 23.1 Å². The third-order valence-corrected chi connectivity index (χ3v) is 7.95. The van der Waals surface area contributed by atoms with Gasteiger partial charge in [-0.15, -0.1) is 0 Å². The van der Waals surface area contributed by atoms with Crippen molar-refractivity contribution in [3.63, 3.8) is 0 Å². The molecule has 2 fully saturated rings. The minimum Gasteiger partial charge on any atom is -0.497 e. The molecule has 170 valence electrons. The van der Waals surface area contributed by atoms with Gasteiger partial charge in [0.15, 0.2) is 6.23 Å². The molecule has 10 heteroatoms. The number of carbonyl (C=O) groups is 2. The lowest BCUT2D eigenvalue weighted by molar-refractivity contribution is 0.00754. The second kappa shape index (κ2) is 8.79. The van der Waals surface area contributed by atoms with E-state index in [1.807, 2.05) is 6.07 Å². The normalized spacial score (nSPS) is 23.4. The Morgan fingerprint density at radius 1 is 1.06 bits per heavy atom. The van der Waals surface area contributed by atoms with Gasteiger partial charge in [-0.25, -0.2) is 13.2 Å². The van der Waals surface area contributed by atoms with Gasteiger partial charge in [0.05, 0.1) is 12.0 Å². The Morgan fingerprint density at radius 3 is 2.38 bits per heavy atom. The number of rotatable bonds is 5. The van der Waals surface area contributed by atoms with Crippen molar-refractivity contribution < 1.29 is 32.6 Å². The fraction of sp³-hybridized carbons (Fsp3) is 0.364. The quantitative estimate of drug-likeness (QED) is 0.683. The van der Waals surface area contributed by atoms with E-state index in [0.717, 1.165) is 4.31 Å². The van der Waals surface area contributed by atoms with E-state index in [1.54, 1.807) is 29.2 Å². The van der Waals surface area contributed by atoms with Crippen molar-refractivity contribution in [2.75, 3.05) is 20.2 Å². The van der Waals surface area contributed by atoms with Gasteiger partial charge in [0.25, 0.3) is 5.91 Å². The molecule has 2 aromatic carbocycles. The first kappa shape index (κ1) is 22.1. The summed E-state index contributed by atoms with van der Waals surface area (Å²) in [6, 6.07) is 14.1. The van der Waals surface area contributed by atoms with Gasteiger partial charge in [0.1, 0.15) is 5.75 Å². The number of piperidine rings is 1. The fourth-order valence-electron chi connectivity index (χ4n) is 4.49. The van der Waals surface area contributed by atoms with Gasteiger partial charge in [0.2, 0.25) is 10.0 Å². The standard InChI is InChI=1S/C22H24N2O7S/c1-30-17-7-9-18(10-8-17)32(28,29)24-19-14-23(21(25)15-5-3-2-4-6-15)12-11-16(19)13-20(24)31-22(26)27/h2-10,16,19-20H,11-14H2,1H3,(H,26,27)/t16-,19-,20-/m0/s1. The van der Waals surface area contributed by atoms with Crippen LogP contribution in [0.15, 0.2) is 59.5 Å². The van der Waals surface area contributed by atoms with Crippen LogP contribution in [0.1, 0.15) is 23.2 Å². The van der Waals surface area contributed by atoms with Crippen LogP contribution in [0.5, 0.6) is 5.75 Å². The molecule has 9 nitrogen and oxygen atoms in total. The summed E-state index contributed by atoms with van der Waals surface area (Å²) in [4.78, 5) is 25.9. The van der Waals surface area contributed by atoms with Gasteiger partial charge in [-0.05, 0) is 48.7 Å². The van der Waals surface area contributed by atoms with Crippen molar-refractivity contribution in [1.29, 1.82) is 0 Å². The zero-order valence-electron chi connectivity index (χ0n) is 17.5. The molecule has 1 N–H and O–H groups in total. The molecule has 0 saturated carbocycles. The van der Waals surface area contributed by atoms with Crippen molar-refractivity contribution >= 4 is 22.1 Å². The molecule has 2 heterocycles. The minimum atomic E-state index is -4.09. The van der Waals surface area contributed by atoms with Crippen molar-refractivity contribution in [3.05, 3.63) is 60.2 Å². The summed E-state index contributed by atoms with van der Waals surface area (Å²) in [5.41, 5.74) is 0.520. The summed E-state index contributed by atoms with van der Waals surface area (Å²) in [6.07, 6.45) is -1.89. The molecule has 32 heavy (non-hydrogen) atoms. The van der Waals surface area contributed by atoms with Gasteiger partial charge in [-0.1, -0.05) is 18.2 Å². The molecule has 0 aliphatic carbocycles. The topological polar surface area (TPSA) is 113 Å². The van der Waals surface area contributed by atoms with Gasteiger partial charge in [-0.3, -0.25) is 4.79 Å². The number of ether oxygens (including phenoxy) is 2. The van der Waals surface area contributed by atoms with Crippen molar-refractivity contribution in [3.8, 4) is 5.75 Å². The van der Waals surface area contributed by atoms with Gasteiger partial charge in [0, 0.05) is 31.1 Å². The molecule has 1 amide bonds. The molecule has 2 aliphatic rings. The van der Waals surface area contributed by atoms with Crippen LogP contribution in [-0.4, -0.2) is 67.3 Å². The maximum atomic E-state index is 13.5. The van der Waals surface area contributed by atoms with E-state index in [-0.39, 0.29) is 29.7 Å². The molecule has 2 aliphatic heterocycles. The maximum absolute atomic E-state index is 13.5. The molecule has 0 unspecified atom stereocenters. The van der Waals surface area contributed by atoms with Crippen LogP contribution in [-0.2, 0) is 14.8 Å². The highest BCUT2D eigenvalue weighted by Crippen LogP contribution is 2.40. The number of likely N-dealkylation sites (tertiary alicyclic amines) is 1. The monoisotopic (exact) mass is 460 g/mol. The number of fused-ring (bicyclic) bond motifs is 1. The second-order valence-electron chi connectivity index (χ2n) is 7.82. The Kier molecular flexibility index (Phi) is 6.07. The SMILES string of the molecule is COc1ccc(S(=O)(=O)N2[C@@H](OC(=O)O)C[C@@H]3CCN(C(=O)c4ccccc4)C[C@@H]32)cc1. The Hall–Kier alpha value is -3.11. The number of carboxylic acid groups (broad SMARTS) is 1. The molecule has 0 bridgehead atoms. The van der Waals surface area contributed by atoms with Crippen molar-refractivity contribution in [1.82, 2.24) is 9.21 Å². The number of benzene rings is 2. The van der Waals surface area contributed by atoms with E-state index in [1.165, 1.54) is 31.4 Å². The van der Waals surface area contributed by atoms with E-state index in [0.29, 0.717) is 24.3 Å². The summed E-state index contributed by atoms with van der Waals surface area (Å²) in [6.45, 7) is 0.623. The molecule has 0 aromatic heterocycles. The molecular weight excluding hydrogens is 436 g/mol. The zero-order valence-corrected chi connectivity index (χ0v) is 18.3. The number of carbonyl (C=O) groups excluding carboxylic acids is 1. The lowest BCUT2D eigenvalue weighted by Crippen LogP contribution is -2.53. The van der Waals surface area contributed by atoms with E-state index >= 15 is 0 Å². The third-order valence-electron chi connectivity index (χ3n) is 6.02. The molecular formula is C22H24N2O7S. The molecule has 3 atom stereocenters. The van der Waals surface area contributed by atoms with Gasteiger partial charge in [-0.2, -0.15) is 4.31 Å². The zero-order chi connectivity index (χ0) is 22.9. The first-order chi connectivity index (χ1) is 15.3. The number of methoxy groups -OCH3 is 1. The predicted molar refractivity (Wildman–Crippen MR) is 114 cm³/mol. The summed E-state index contributed by atoms with van der Waals surface area (Å²) in [5, 5.41) is 9.19. The van der Waals surface area contributed by atoms with Gasteiger partial charge >= 0.3 is 6.16 Å². The average molecular weight is 461 g/mol. The van der Waals surface area contributed by atoms with E-state index < -0.39 is 28.4 Å². The Balaban J connectivity index is 1.65. The molecule has 0 spiro atoms. The smallest absolute Gasteiger partial charge is 0.497 e.